The van der Waals surface area contributed by atoms with Crippen LogP contribution in [0.5, 0.6) is 5.75 Å². The lowest BCUT2D eigenvalue weighted by Crippen LogP contribution is -1.89. The molecular weight excluding hydrogens is 188 g/mol. The van der Waals surface area contributed by atoms with Crippen LogP contribution in [-0.4, -0.2) is 16.8 Å². The number of hydrogen-bond acceptors (Lipinski definition) is 2. The molecule has 0 aromatic heterocycles. The molecule has 2 heteroatoms. The lowest BCUT2D eigenvalue weighted by molar-refractivity contribution is 0.288. The van der Waals surface area contributed by atoms with Crippen molar-refractivity contribution in [1.29, 1.82) is 0 Å². The van der Waals surface area contributed by atoms with E-state index < -0.39 is 0 Å². The van der Waals surface area contributed by atoms with E-state index in [-0.39, 0.29) is 6.61 Å². The zero-order valence-electron chi connectivity index (χ0n) is 8.48. The molecule has 0 bridgehead atoms. The van der Waals surface area contributed by atoms with Gasteiger partial charge in [-0.25, -0.2) is 0 Å². The van der Waals surface area contributed by atoms with E-state index in [2.05, 4.69) is 6.07 Å². The zero-order valence-corrected chi connectivity index (χ0v) is 8.48. The first-order valence-corrected chi connectivity index (χ1v) is 5.13. The van der Waals surface area contributed by atoms with Crippen LogP contribution in [0.4, 0.5) is 0 Å². The molecule has 0 saturated heterocycles. The Morgan fingerprint density at radius 2 is 1.87 bits per heavy atom. The normalized spacial score (nSPS) is 10.7. The van der Waals surface area contributed by atoms with Gasteiger partial charge in [-0.1, -0.05) is 30.3 Å². The van der Waals surface area contributed by atoms with Crippen LogP contribution in [0.2, 0.25) is 0 Å². The first kappa shape index (κ1) is 9.99. The average Bonchev–Trinajstić information content (AvgIpc) is 2.26. The van der Waals surface area contributed by atoms with Gasteiger partial charge in [0.1, 0.15) is 5.75 Å². The van der Waals surface area contributed by atoms with Crippen LogP contribution in [0.25, 0.3) is 10.8 Å². The lowest BCUT2D eigenvalue weighted by atomic mass is 10.0. The molecule has 2 rings (SSSR count). The number of aryl methyl sites for hydroxylation is 1. The van der Waals surface area contributed by atoms with Crippen LogP contribution in [0.1, 0.15) is 12.0 Å². The summed E-state index contributed by atoms with van der Waals surface area (Å²) in [5.74, 6) is 0.320. The summed E-state index contributed by atoms with van der Waals surface area (Å²) in [6.45, 7) is 0.188. The van der Waals surface area contributed by atoms with Crippen molar-refractivity contribution < 1.29 is 10.2 Å². The number of aliphatic hydroxyl groups is 1. The highest BCUT2D eigenvalue weighted by Gasteiger charge is 2.01. The Kier molecular flexibility index (Phi) is 2.88. The molecule has 0 heterocycles. The van der Waals surface area contributed by atoms with E-state index in [4.69, 9.17) is 5.11 Å². The molecule has 0 radical (unpaired) electrons. The van der Waals surface area contributed by atoms with Crippen LogP contribution in [0, 0.1) is 0 Å². The largest absolute Gasteiger partial charge is 0.507 e. The number of phenols is 1. The molecule has 0 atom stereocenters. The zero-order chi connectivity index (χ0) is 10.7. The van der Waals surface area contributed by atoms with Gasteiger partial charge >= 0.3 is 0 Å². The molecule has 2 N–H and O–H groups in total. The molecule has 0 aliphatic carbocycles. The number of fused-ring (bicyclic) bond motifs is 1. The molecule has 0 saturated carbocycles. The summed E-state index contributed by atoms with van der Waals surface area (Å²) in [5.41, 5.74) is 1.07. The van der Waals surface area contributed by atoms with Crippen LogP contribution in [-0.2, 0) is 6.42 Å². The van der Waals surface area contributed by atoms with Crippen LogP contribution < -0.4 is 0 Å². The van der Waals surface area contributed by atoms with Gasteiger partial charge in [-0.15, -0.1) is 0 Å². The van der Waals surface area contributed by atoms with Crippen molar-refractivity contribution in [2.45, 2.75) is 12.8 Å². The highest BCUT2D eigenvalue weighted by Crippen LogP contribution is 2.26. The molecule has 2 aromatic carbocycles. The summed E-state index contributed by atoms with van der Waals surface area (Å²) in [6, 6.07) is 11.6. The predicted octanol–water partition coefficient (Wildman–Crippen LogP) is 2.47. The van der Waals surface area contributed by atoms with Crippen molar-refractivity contribution >= 4 is 10.8 Å². The molecule has 0 amide bonds. The van der Waals surface area contributed by atoms with Gasteiger partial charge in [-0.05, 0) is 29.9 Å². The fourth-order valence-corrected chi connectivity index (χ4v) is 1.78. The van der Waals surface area contributed by atoms with E-state index >= 15 is 0 Å². The smallest absolute Gasteiger partial charge is 0.123 e. The Bertz CT molecular complexity index is 463. The molecule has 0 spiro atoms. The number of aromatic hydroxyl groups is 1. The fourth-order valence-electron chi connectivity index (χ4n) is 1.78. The predicted molar refractivity (Wildman–Crippen MR) is 61.0 cm³/mol. The van der Waals surface area contributed by atoms with Gasteiger partial charge in [0.2, 0.25) is 0 Å². The van der Waals surface area contributed by atoms with Crippen LogP contribution in [0.3, 0.4) is 0 Å². The SMILES string of the molecule is OCCCc1cc(O)c2ccccc2c1. The minimum absolute atomic E-state index is 0.188. The number of hydrogen-bond donors (Lipinski definition) is 2. The van der Waals surface area contributed by atoms with Crippen molar-refractivity contribution in [3.63, 3.8) is 0 Å². The number of rotatable bonds is 3. The second kappa shape index (κ2) is 4.32. The van der Waals surface area contributed by atoms with E-state index in [1.807, 2.05) is 24.3 Å². The summed E-state index contributed by atoms with van der Waals surface area (Å²) in [6.07, 6.45) is 1.53. The van der Waals surface area contributed by atoms with Crippen molar-refractivity contribution in [3.05, 3.63) is 42.0 Å². The second-order valence-corrected chi connectivity index (χ2v) is 3.66. The van der Waals surface area contributed by atoms with Gasteiger partial charge in [0.25, 0.3) is 0 Å². The van der Waals surface area contributed by atoms with Gasteiger partial charge in [0.15, 0.2) is 0 Å². The molecule has 78 valence electrons. The molecule has 0 fully saturated rings. The van der Waals surface area contributed by atoms with Crippen LogP contribution >= 0.6 is 0 Å². The average molecular weight is 202 g/mol. The summed E-state index contributed by atoms with van der Waals surface area (Å²) in [4.78, 5) is 0. The maximum absolute atomic E-state index is 9.79. The molecule has 2 aromatic rings. The Balaban J connectivity index is 2.43. The Hall–Kier alpha value is -1.54. The van der Waals surface area contributed by atoms with Gasteiger partial charge < -0.3 is 10.2 Å². The quantitative estimate of drug-likeness (QED) is 0.802. The summed E-state index contributed by atoms with van der Waals surface area (Å²) in [7, 11) is 0. The maximum Gasteiger partial charge on any atom is 0.123 e. The third kappa shape index (κ3) is 2.10. The Labute approximate surface area is 88.8 Å². The number of benzene rings is 2. The van der Waals surface area contributed by atoms with E-state index in [0.717, 1.165) is 29.2 Å². The first-order valence-electron chi connectivity index (χ1n) is 5.13. The number of aliphatic hydroxyl groups excluding tert-OH is 1. The van der Waals surface area contributed by atoms with Crippen molar-refractivity contribution in [3.8, 4) is 5.75 Å². The lowest BCUT2D eigenvalue weighted by Gasteiger charge is -2.05. The summed E-state index contributed by atoms with van der Waals surface area (Å²) < 4.78 is 0. The van der Waals surface area contributed by atoms with E-state index in [9.17, 15) is 5.11 Å². The standard InChI is InChI=1S/C13H14O2/c14-7-3-4-10-8-11-5-1-2-6-12(11)13(15)9-10/h1-2,5-6,8-9,14-15H,3-4,7H2. The van der Waals surface area contributed by atoms with Crippen molar-refractivity contribution in [2.24, 2.45) is 0 Å². The minimum atomic E-state index is 0.188. The molecule has 0 aliphatic heterocycles. The third-order valence-corrected chi connectivity index (χ3v) is 2.52. The van der Waals surface area contributed by atoms with Crippen molar-refractivity contribution in [1.82, 2.24) is 0 Å². The highest BCUT2D eigenvalue weighted by molar-refractivity contribution is 5.88. The van der Waals surface area contributed by atoms with E-state index in [0.29, 0.717) is 5.75 Å². The summed E-state index contributed by atoms with van der Waals surface area (Å²) >= 11 is 0. The maximum atomic E-state index is 9.79. The van der Waals surface area contributed by atoms with Gasteiger partial charge in [-0.3, -0.25) is 0 Å². The van der Waals surface area contributed by atoms with E-state index in [1.54, 1.807) is 6.07 Å². The highest BCUT2D eigenvalue weighted by atomic mass is 16.3. The fraction of sp³-hybridized carbons (Fsp3) is 0.231. The monoisotopic (exact) mass is 202 g/mol. The Morgan fingerprint density at radius 1 is 1.07 bits per heavy atom. The molecule has 0 aliphatic rings. The topological polar surface area (TPSA) is 40.5 Å². The van der Waals surface area contributed by atoms with Gasteiger partial charge in [-0.2, -0.15) is 0 Å². The van der Waals surface area contributed by atoms with Gasteiger partial charge in [0.05, 0.1) is 0 Å². The van der Waals surface area contributed by atoms with Crippen molar-refractivity contribution in [2.75, 3.05) is 6.61 Å². The third-order valence-electron chi connectivity index (χ3n) is 2.52. The minimum Gasteiger partial charge on any atom is -0.507 e. The molecule has 0 unspecified atom stereocenters. The van der Waals surface area contributed by atoms with Gasteiger partial charge in [0, 0.05) is 12.0 Å². The molecule has 15 heavy (non-hydrogen) atoms. The van der Waals surface area contributed by atoms with Crippen LogP contribution in [0.15, 0.2) is 36.4 Å². The summed E-state index contributed by atoms with van der Waals surface area (Å²) in [5, 5.41) is 20.5. The Morgan fingerprint density at radius 3 is 2.67 bits per heavy atom. The molecule has 2 nitrogen and oxygen atoms in total. The van der Waals surface area contributed by atoms with E-state index in [1.165, 1.54) is 0 Å². The second-order valence-electron chi connectivity index (χ2n) is 3.66. The molecular formula is C13H14O2. The number of phenolic OH excluding ortho intramolecular Hbond substituents is 1. The first-order chi connectivity index (χ1) is 7.31.